The number of amides is 1. The highest BCUT2D eigenvalue weighted by Gasteiger charge is 2.12. The van der Waals surface area contributed by atoms with Crippen LogP contribution < -0.4 is 10.6 Å². The number of hydrogen-bond donors (Lipinski definition) is 2. The molecule has 0 radical (unpaired) electrons. The molecule has 0 bridgehead atoms. The molecule has 8 heteroatoms. The van der Waals surface area contributed by atoms with Gasteiger partial charge in [-0.1, -0.05) is 24.2 Å². The van der Waals surface area contributed by atoms with Crippen LogP contribution in [0, 0.1) is 6.92 Å². The molecule has 0 aliphatic heterocycles. The summed E-state index contributed by atoms with van der Waals surface area (Å²) in [5, 5.41) is 9.96. The normalized spacial score (nSPS) is 10.2. The number of aryl methyl sites for hydroxylation is 1. The summed E-state index contributed by atoms with van der Waals surface area (Å²) >= 11 is 1.52. The fraction of sp³-hybridized carbons (Fsp3) is 0.438. The predicted octanol–water partition coefficient (Wildman–Crippen LogP) is 2.82. The molecule has 0 fully saturated rings. The fourth-order valence-corrected chi connectivity index (χ4v) is 2.87. The lowest BCUT2D eigenvalue weighted by atomic mass is 10.2. The van der Waals surface area contributed by atoms with E-state index in [4.69, 9.17) is 4.52 Å². The summed E-state index contributed by atoms with van der Waals surface area (Å²) in [5.74, 6) is 1.66. The van der Waals surface area contributed by atoms with Crippen LogP contribution in [0.4, 0.5) is 0 Å². The summed E-state index contributed by atoms with van der Waals surface area (Å²) in [6.07, 6.45) is 1.09. The van der Waals surface area contributed by atoms with Crippen LogP contribution in [-0.4, -0.2) is 35.7 Å². The van der Waals surface area contributed by atoms with Crippen LogP contribution in [0.25, 0.3) is 0 Å². The lowest BCUT2D eigenvalue weighted by molar-refractivity contribution is 0.0951. The maximum absolute atomic E-state index is 12.3. The zero-order valence-electron chi connectivity index (χ0n) is 13.9. The molecule has 0 aliphatic rings. The zero-order valence-corrected chi connectivity index (χ0v) is 15.5. The SMILES string of the molecule is CCCNCCNC(=O)c1ccccc1SCc1nc(C)no1.Cl. The summed E-state index contributed by atoms with van der Waals surface area (Å²) in [7, 11) is 0. The van der Waals surface area contributed by atoms with E-state index in [1.165, 1.54) is 11.8 Å². The van der Waals surface area contributed by atoms with Crippen molar-refractivity contribution in [2.24, 2.45) is 0 Å². The molecule has 0 spiro atoms. The minimum atomic E-state index is -0.0619. The highest BCUT2D eigenvalue weighted by molar-refractivity contribution is 7.98. The quantitative estimate of drug-likeness (QED) is 0.522. The third kappa shape index (κ3) is 6.51. The number of benzene rings is 1. The first-order chi connectivity index (χ1) is 11.2. The minimum absolute atomic E-state index is 0. The first-order valence-electron chi connectivity index (χ1n) is 7.70. The molecule has 0 atom stereocenters. The van der Waals surface area contributed by atoms with Crippen LogP contribution in [0.15, 0.2) is 33.7 Å². The van der Waals surface area contributed by atoms with Crippen molar-refractivity contribution in [2.75, 3.05) is 19.6 Å². The van der Waals surface area contributed by atoms with E-state index in [0.29, 0.717) is 29.6 Å². The summed E-state index contributed by atoms with van der Waals surface area (Å²) in [4.78, 5) is 17.4. The summed E-state index contributed by atoms with van der Waals surface area (Å²) in [5.41, 5.74) is 0.671. The maximum atomic E-state index is 12.3. The summed E-state index contributed by atoms with van der Waals surface area (Å²) < 4.78 is 5.10. The topological polar surface area (TPSA) is 80.0 Å². The average Bonchev–Trinajstić information content (AvgIpc) is 2.98. The molecular weight excluding hydrogens is 348 g/mol. The van der Waals surface area contributed by atoms with Crippen molar-refractivity contribution in [1.29, 1.82) is 0 Å². The van der Waals surface area contributed by atoms with Crippen LogP contribution in [0.5, 0.6) is 0 Å². The Morgan fingerprint density at radius 1 is 1.25 bits per heavy atom. The molecule has 1 aromatic carbocycles. The van der Waals surface area contributed by atoms with Gasteiger partial charge in [-0.25, -0.2) is 0 Å². The van der Waals surface area contributed by atoms with Gasteiger partial charge in [-0.2, -0.15) is 4.98 Å². The molecule has 0 aliphatic carbocycles. The van der Waals surface area contributed by atoms with Crippen LogP contribution in [0.1, 0.15) is 35.4 Å². The summed E-state index contributed by atoms with van der Waals surface area (Å²) in [6, 6.07) is 7.54. The smallest absolute Gasteiger partial charge is 0.252 e. The van der Waals surface area contributed by atoms with E-state index < -0.39 is 0 Å². The van der Waals surface area contributed by atoms with Gasteiger partial charge in [0.1, 0.15) is 0 Å². The van der Waals surface area contributed by atoms with E-state index in [9.17, 15) is 4.79 Å². The molecule has 24 heavy (non-hydrogen) atoms. The van der Waals surface area contributed by atoms with E-state index in [0.717, 1.165) is 24.4 Å². The molecule has 0 saturated carbocycles. The van der Waals surface area contributed by atoms with Crippen LogP contribution in [-0.2, 0) is 5.75 Å². The first kappa shape index (κ1) is 20.5. The molecule has 6 nitrogen and oxygen atoms in total. The second-order valence-corrected chi connectivity index (χ2v) is 6.04. The van der Waals surface area contributed by atoms with E-state index in [1.54, 1.807) is 6.92 Å². The van der Waals surface area contributed by atoms with Gasteiger partial charge in [0.05, 0.1) is 11.3 Å². The molecule has 0 unspecified atom stereocenters. The Hall–Kier alpha value is -1.57. The zero-order chi connectivity index (χ0) is 16.5. The Morgan fingerprint density at radius 3 is 2.75 bits per heavy atom. The van der Waals surface area contributed by atoms with Gasteiger partial charge < -0.3 is 15.2 Å². The molecule has 132 valence electrons. The van der Waals surface area contributed by atoms with Gasteiger partial charge in [-0.15, -0.1) is 24.2 Å². The number of carbonyl (C=O) groups is 1. The van der Waals surface area contributed by atoms with Crippen molar-refractivity contribution in [3.8, 4) is 0 Å². The largest absolute Gasteiger partial charge is 0.351 e. The van der Waals surface area contributed by atoms with Gasteiger partial charge in [0.25, 0.3) is 5.91 Å². The van der Waals surface area contributed by atoms with E-state index in [1.807, 2.05) is 24.3 Å². The summed E-state index contributed by atoms with van der Waals surface area (Å²) in [6.45, 7) is 6.25. The van der Waals surface area contributed by atoms with E-state index in [-0.39, 0.29) is 18.3 Å². The van der Waals surface area contributed by atoms with E-state index in [2.05, 4.69) is 27.7 Å². The second kappa shape index (κ2) is 11.1. The van der Waals surface area contributed by atoms with Gasteiger partial charge in [-0.3, -0.25) is 4.79 Å². The fourth-order valence-electron chi connectivity index (χ4n) is 1.98. The monoisotopic (exact) mass is 370 g/mol. The molecule has 1 aromatic heterocycles. The highest BCUT2D eigenvalue weighted by Crippen LogP contribution is 2.25. The van der Waals surface area contributed by atoms with Crippen molar-refractivity contribution >= 4 is 30.1 Å². The number of halogens is 1. The number of carbonyl (C=O) groups excluding carboxylic acids is 1. The molecule has 2 rings (SSSR count). The Balaban J connectivity index is 0.00000288. The molecule has 1 amide bonds. The number of thioether (sulfide) groups is 1. The lowest BCUT2D eigenvalue weighted by Gasteiger charge is -2.09. The third-order valence-electron chi connectivity index (χ3n) is 3.07. The van der Waals surface area contributed by atoms with Gasteiger partial charge >= 0.3 is 0 Å². The Kier molecular flexibility index (Phi) is 9.44. The standard InChI is InChI=1S/C16H22N4O2S.ClH/c1-3-8-17-9-10-18-16(21)13-6-4-5-7-14(13)23-11-15-19-12(2)20-22-15;/h4-7,17H,3,8-11H2,1-2H3,(H,18,21);1H. The van der Waals surface area contributed by atoms with Gasteiger partial charge in [-0.05, 0) is 32.0 Å². The Labute approximate surface area is 152 Å². The molecule has 1 heterocycles. The van der Waals surface area contributed by atoms with Crippen molar-refractivity contribution in [3.63, 3.8) is 0 Å². The number of nitrogens with one attached hydrogen (secondary N) is 2. The van der Waals surface area contributed by atoms with Crippen molar-refractivity contribution in [1.82, 2.24) is 20.8 Å². The molecule has 0 saturated heterocycles. The molecular formula is C16H23ClN4O2S. The molecule has 2 N–H and O–H groups in total. The number of nitrogens with zero attached hydrogens (tertiary/aromatic N) is 2. The minimum Gasteiger partial charge on any atom is -0.351 e. The Bertz CT molecular complexity index is 636. The Morgan fingerprint density at radius 2 is 2.04 bits per heavy atom. The first-order valence-corrected chi connectivity index (χ1v) is 8.69. The number of hydrogen-bond acceptors (Lipinski definition) is 6. The third-order valence-corrected chi connectivity index (χ3v) is 4.12. The maximum Gasteiger partial charge on any atom is 0.252 e. The average molecular weight is 371 g/mol. The predicted molar refractivity (Wildman–Crippen MR) is 97.8 cm³/mol. The van der Waals surface area contributed by atoms with Gasteiger partial charge in [0, 0.05) is 18.0 Å². The lowest BCUT2D eigenvalue weighted by Crippen LogP contribution is -2.32. The highest BCUT2D eigenvalue weighted by atomic mass is 35.5. The van der Waals surface area contributed by atoms with Gasteiger partial charge in [0.15, 0.2) is 5.82 Å². The molecule has 2 aromatic rings. The van der Waals surface area contributed by atoms with Crippen LogP contribution in [0.3, 0.4) is 0 Å². The number of rotatable bonds is 9. The van der Waals surface area contributed by atoms with Gasteiger partial charge in [0.2, 0.25) is 5.89 Å². The van der Waals surface area contributed by atoms with Crippen molar-refractivity contribution < 1.29 is 9.32 Å². The van der Waals surface area contributed by atoms with Crippen LogP contribution in [0.2, 0.25) is 0 Å². The second-order valence-electron chi connectivity index (χ2n) is 5.03. The van der Waals surface area contributed by atoms with Crippen molar-refractivity contribution in [3.05, 3.63) is 41.5 Å². The van der Waals surface area contributed by atoms with E-state index >= 15 is 0 Å². The van der Waals surface area contributed by atoms with Crippen molar-refractivity contribution in [2.45, 2.75) is 30.9 Å². The van der Waals surface area contributed by atoms with Crippen LogP contribution >= 0.6 is 24.2 Å². The number of aromatic nitrogens is 2.